The lowest BCUT2D eigenvalue weighted by Gasteiger charge is -2.36. The maximum Gasteiger partial charge on any atom is 0.411 e. The normalized spacial score (nSPS) is 21.4. The molecule has 0 saturated heterocycles. The Bertz CT molecular complexity index is 1320. The van der Waals surface area contributed by atoms with Crippen LogP contribution in [0, 0.1) is 11.7 Å². The van der Waals surface area contributed by atoms with Crippen LogP contribution in [0.25, 0.3) is 0 Å². The summed E-state index contributed by atoms with van der Waals surface area (Å²) >= 11 is 0. The van der Waals surface area contributed by atoms with Crippen LogP contribution in [0.15, 0.2) is 47.4 Å². The molecule has 2 aliphatic rings. The van der Waals surface area contributed by atoms with Crippen LogP contribution in [0.1, 0.15) is 32.6 Å². The monoisotopic (exact) mass is 573 g/mol. The minimum absolute atomic E-state index is 0.00169. The summed E-state index contributed by atoms with van der Waals surface area (Å²) < 4.78 is 92.6. The van der Waals surface area contributed by atoms with Gasteiger partial charge >= 0.3 is 12.3 Å². The molecule has 1 heterocycles. The van der Waals surface area contributed by atoms with Crippen LogP contribution in [0.4, 0.5) is 33.7 Å². The Hall–Kier alpha value is -3.55. The predicted molar refractivity (Wildman–Crippen MR) is 132 cm³/mol. The number of alkyl halides is 3. The van der Waals surface area contributed by atoms with Gasteiger partial charge in [-0.1, -0.05) is 6.42 Å². The number of anilines is 2. The van der Waals surface area contributed by atoms with Crippen LogP contribution in [-0.2, 0) is 19.6 Å². The molecule has 1 aliphatic heterocycles. The Kier molecular flexibility index (Phi) is 8.23. The third kappa shape index (κ3) is 6.72. The number of ether oxygens (including phenoxy) is 2. The van der Waals surface area contributed by atoms with Gasteiger partial charge in [-0.05, 0) is 61.7 Å². The second-order valence-corrected chi connectivity index (χ2v) is 11.2. The van der Waals surface area contributed by atoms with Crippen LogP contribution in [0.2, 0.25) is 0 Å². The van der Waals surface area contributed by atoms with Gasteiger partial charge in [0.25, 0.3) is 10.0 Å². The average Bonchev–Trinajstić information content (AvgIpc) is 2.87. The molecule has 1 saturated carbocycles. The molecule has 212 valence electrons. The van der Waals surface area contributed by atoms with E-state index in [1.807, 2.05) is 0 Å². The van der Waals surface area contributed by atoms with E-state index in [0.717, 1.165) is 28.6 Å². The van der Waals surface area contributed by atoms with E-state index in [-0.39, 0.29) is 53.9 Å². The van der Waals surface area contributed by atoms with Crippen molar-refractivity contribution in [2.45, 2.75) is 55.9 Å². The second kappa shape index (κ2) is 11.3. The highest BCUT2D eigenvalue weighted by atomic mass is 32.2. The Morgan fingerprint density at radius 3 is 2.46 bits per heavy atom. The molecule has 1 aliphatic carbocycles. The van der Waals surface area contributed by atoms with Gasteiger partial charge in [0.15, 0.2) is 0 Å². The Labute approximate surface area is 222 Å². The number of sulfonamides is 1. The number of nitrogens with one attached hydrogen (secondary N) is 2. The molecule has 1 fully saturated rings. The smallest absolute Gasteiger partial charge is 0.411 e. The first-order valence-electron chi connectivity index (χ1n) is 12.2. The van der Waals surface area contributed by atoms with Crippen LogP contribution in [0.3, 0.4) is 0 Å². The van der Waals surface area contributed by atoms with E-state index in [2.05, 4.69) is 10.6 Å². The Balaban J connectivity index is 1.59. The number of hydrogen-bond donors (Lipinski definition) is 2. The van der Waals surface area contributed by atoms with Crippen LogP contribution < -0.4 is 19.7 Å². The molecule has 0 aromatic heterocycles. The molecule has 2 aromatic carbocycles. The largest absolute Gasteiger partial charge is 0.484 e. The van der Waals surface area contributed by atoms with Gasteiger partial charge in [0.2, 0.25) is 5.91 Å². The van der Waals surface area contributed by atoms with Gasteiger partial charge in [0.1, 0.15) is 23.8 Å². The lowest BCUT2D eigenvalue weighted by molar-refractivity contribution is -0.206. The summed E-state index contributed by atoms with van der Waals surface area (Å²) in [5.74, 6) is -2.62. The second-order valence-electron chi connectivity index (χ2n) is 9.35. The van der Waals surface area contributed by atoms with Crippen LogP contribution in [-0.4, -0.2) is 51.9 Å². The molecule has 14 heteroatoms. The van der Waals surface area contributed by atoms with E-state index in [1.54, 1.807) is 0 Å². The van der Waals surface area contributed by atoms with Crippen molar-refractivity contribution < 1.29 is 45.0 Å². The van der Waals surface area contributed by atoms with Crippen molar-refractivity contribution in [2.75, 3.05) is 22.7 Å². The third-order valence-electron chi connectivity index (χ3n) is 6.50. The molecule has 9 nitrogen and oxygen atoms in total. The molecule has 3 unspecified atom stereocenters. The van der Waals surface area contributed by atoms with E-state index >= 15 is 0 Å². The van der Waals surface area contributed by atoms with E-state index < -0.39 is 46.2 Å². The quantitative estimate of drug-likeness (QED) is 0.489. The van der Waals surface area contributed by atoms with Gasteiger partial charge in [-0.3, -0.25) is 14.4 Å². The van der Waals surface area contributed by atoms with Crippen molar-refractivity contribution in [3.8, 4) is 5.75 Å². The van der Waals surface area contributed by atoms with Crippen molar-refractivity contribution in [3.05, 3.63) is 48.3 Å². The number of carbonyl (C=O) groups is 2. The molecule has 0 radical (unpaired) electrons. The summed E-state index contributed by atoms with van der Waals surface area (Å²) in [4.78, 5) is 23.7. The molecule has 0 spiro atoms. The van der Waals surface area contributed by atoms with Crippen LogP contribution >= 0.6 is 0 Å². The number of halogens is 4. The first-order valence-corrected chi connectivity index (χ1v) is 13.7. The summed E-state index contributed by atoms with van der Waals surface area (Å²) in [5, 5.41) is 4.94. The topological polar surface area (TPSA) is 114 Å². The highest BCUT2D eigenvalue weighted by Gasteiger charge is 2.47. The van der Waals surface area contributed by atoms with Crippen molar-refractivity contribution >= 4 is 33.4 Å². The third-order valence-corrected chi connectivity index (χ3v) is 8.29. The lowest BCUT2D eigenvalue weighted by Crippen LogP contribution is -2.48. The minimum Gasteiger partial charge on any atom is -0.484 e. The maximum absolute atomic E-state index is 13.5. The van der Waals surface area contributed by atoms with E-state index in [1.165, 1.54) is 25.1 Å². The van der Waals surface area contributed by atoms with Crippen molar-refractivity contribution in [1.29, 1.82) is 0 Å². The zero-order valence-electron chi connectivity index (χ0n) is 20.8. The number of amides is 2. The molecule has 3 atom stereocenters. The van der Waals surface area contributed by atoms with Gasteiger partial charge < -0.3 is 14.8 Å². The van der Waals surface area contributed by atoms with Gasteiger partial charge in [-0.25, -0.2) is 17.6 Å². The molecular weight excluding hydrogens is 546 g/mol. The number of hydrogen-bond acceptors (Lipinski definition) is 6. The summed E-state index contributed by atoms with van der Waals surface area (Å²) in [6.45, 7) is 1.07. The molecule has 39 heavy (non-hydrogen) atoms. The van der Waals surface area contributed by atoms with Gasteiger partial charge in [0, 0.05) is 12.6 Å². The number of carbonyl (C=O) groups excluding carboxylic acids is 2. The molecule has 0 bridgehead atoms. The highest BCUT2D eigenvalue weighted by Crippen LogP contribution is 2.41. The van der Waals surface area contributed by atoms with E-state index in [0.29, 0.717) is 12.8 Å². The predicted octanol–water partition coefficient (Wildman–Crippen LogP) is 4.59. The fourth-order valence-electron chi connectivity index (χ4n) is 4.61. The average molecular weight is 574 g/mol. The first-order chi connectivity index (χ1) is 18.3. The number of fused-ring (bicyclic) bond motifs is 1. The summed E-state index contributed by atoms with van der Waals surface area (Å²) in [6, 6.07) is 8.25. The van der Waals surface area contributed by atoms with Gasteiger partial charge in [-0.15, -0.1) is 0 Å². The van der Waals surface area contributed by atoms with Crippen molar-refractivity contribution in [3.63, 3.8) is 0 Å². The molecule has 2 N–H and O–H groups in total. The van der Waals surface area contributed by atoms with Crippen LogP contribution in [0.5, 0.6) is 5.75 Å². The summed E-state index contributed by atoms with van der Waals surface area (Å²) in [5.41, 5.74) is 0.0865. The number of rotatable bonds is 6. The maximum atomic E-state index is 13.5. The number of benzene rings is 2. The molecular formula is C25H27F4N3O6S. The fraction of sp³-hybridized carbons (Fsp3) is 0.440. The SMILES string of the molecule is CC(=O)NCC1CN(S(=O)(=O)c2ccc(F)cc2)c2cc(NC(=O)OC3CCCCC3C(F)(F)F)ccc2O1. The minimum atomic E-state index is -4.50. The zero-order valence-corrected chi connectivity index (χ0v) is 21.6. The summed E-state index contributed by atoms with van der Waals surface area (Å²) in [6.07, 6.45) is -6.88. The lowest BCUT2D eigenvalue weighted by atomic mass is 9.86. The Morgan fingerprint density at radius 2 is 1.79 bits per heavy atom. The van der Waals surface area contributed by atoms with Gasteiger partial charge in [0.05, 0.1) is 29.6 Å². The van der Waals surface area contributed by atoms with E-state index in [9.17, 15) is 35.6 Å². The molecule has 4 rings (SSSR count). The molecule has 2 aromatic rings. The summed E-state index contributed by atoms with van der Waals surface area (Å²) in [7, 11) is -4.25. The Morgan fingerprint density at radius 1 is 1.10 bits per heavy atom. The standard InChI is InChI=1S/C25H27F4N3O6S/c1-15(33)30-13-18-14-32(39(35,36)19-9-6-16(26)7-10-19)21-12-17(8-11-23(21)37-18)31-24(34)38-22-5-3-2-4-20(22)25(27,28)29/h6-12,18,20,22H,2-5,13-14H2,1H3,(H,30,33)(H,31,34). The fourth-order valence-corrected chi connectivity index (χ4v) is 6.11. The van der Waals surface area contributed by atoms with Gasteiger partial charge in [-0.2, -0.15) is 13.2 Å². The van der Waals surface area contributed by atoms with Crippen molar-refractivity contribution in [2.24, 2.45) is 5.92 Å². The first kappa shape index (κ1) is 28.5. The number of nitrogens with zero attached hydrogens (tertiary/aromatic N) is 1. The zero-order chi connectivity index (χ0) is 28.4. The highest BCUT2D eigenvalue weighted by molar-refractivity contribution is 7.92. The van der Waals surface area contributed by atoms with Crippen molar-refractivity contribution in [1.82, 2.24) is 5.32 Å². The molecule has 2 amide bonds. The van der Waals surface area contributed by atoms with E-state index in [4.69, 9.17) is 9.47 Å².